The van der Waals surface area contributed by atoms with Gasteiger partial charge in [0.25, 0.3) is 0 Å². The molecule has 1 fully saturated rings. The van der Waals surface area contributed by atoms with Crippen LogP contribution in [0.3, 0.4) is 0 Å². The van der Waals surface area contributed by atoms with Gasteiger partial charge in [-0.15, -0.1) is 0 Å². The molecule has 2 heterocycles. The molecule has 3 nitrogen and oxygen atoms in total. The van der Waals surface area contributed by atoms with E-state index < -0.39 is 11.9 Å². The lowest BCUT2D eigenvalue weighted by Crippen LogP contribution is -2.21. The molecule has 0 radical (unpaired) electrons. The highest BCUT2D eigenvalue weighted by molar-refractivity contribution is 5.45. The molecule has 6 heteroatoms. The van der Waals surface area contributed by atoms with Crippen LogP contribution in [0, 0.1) is 5.92 Å². The van der Waals surface area contributed by atoms with Crippen LogP contribution < -0.4 is 4.90 Å². The highest BCUT2D eigenvalue weighted by Crippen LogP contribution is 2.29. The Kier molecular flexibility index (Phi) is 3.24. The number of nitrogens with zero attached hydrogens (tertiary/aromatic N) is 2. The third-order valence-corrected chi connectivity index (χ3v) is 2.95. The monoisotopic (exact) mass is 246 g/mol. The number of aliphatic hydroxyl groups excluding tert-OH is 1. The molecule has 0 aliphatic carbocycles. The van der Waals surface area contributed by atoms with Gasteiger partial charge in [-0.05, 0) is 18.6 Å². The van der Waals surface area contributed by atoms with Gasteiger partial charge < -0.3 is 10.0 Å². The standard InChI is InChI=1S/C11H13F3N2O/c12-11(13,14)10-2-1-9(5-15-10)16-4-3-8(6-16)7-17/h1-2,5,8,17H,3-4,6-7H2/t8-/m0/s1. The zero-order chi connectivity index (χ0) is 12.5. The van der Waals surface area contributed by atoms with Crippen molar-refractivity contribution in [1.29, 1.82) is 0 Å². The van der Waals surface area contributed by atoms with Crippen molar-refractivity contribution in [3.05, 3.63) is 24.0 Å². The van der Waals surface area contributed by atoms with Crippen molar-refractivity contribution in [2.24, 2.45) is 5.92 Å². The Bertz CT molecular complexity index is 377. The first kappa shape index (κ1) is 12.2. The minimum Gasteiger partial charge on any atom is -0.396 e. The topological polar surface area (TPSA) is 36.4 Å². The van der Waals surface area contributed by atoms with Crippen LogP contribution in [0.2, 0.25) is 0 Å². The SMILES string of the molecule is OC[C@H]1CCN(c2ccc(C(F)(F)F)nc2)C1. The lowest BCUT2D eigenvalue weighted by molar-refractivity contribution is -0.141. The van der Waals surface area contributed by atoms with Crippen molar-refractivity contribution in [3.8, 4) is 0 Å². The number of aromatic nitrogens is 1. The fourth-order valence-corrected chi connectivity index (χ4v) is 1.96. The first-order valence-electron chi connectivity index (χ1n) is 5.40. The molecular formula is C11H13F3N2O. The van der Waals surface area contributed by atoms with Crippen molar-refractivity contribution < 1.29 is 18.3 Å². The normalized spacial score (nSPS) is 20.9. The molecule has 1 aliphatic rings. The van der Waals surface area contributed by atoms with E-state index in [2.05, 4.69) is 4.98 Å². The van der Waals surface area contributed by atoms with E-state index in [1.54, 1.807) is 0 Å². The Balaban J connectivity index is 2.09. The number of pyridine rings is 1. The Morgan fingerprint density at radius 2 is 2.18 bits per heavy atom. The predicted octanol–water partition coefficient (Wildman–Crippen LogP) is 1.92. The minimum atomic E-state index is -4.39. The Hall–Kier alpha value is -1.30. The number of hydrogen-bond donors (Lipinski definition) is 1. The summed E-state index contributed by atoms with van der Waals surface area (Å²) < 4.78 is 36.9. The van der Waals surface area contributed by atoms with Crippen molar-refractivity contribution >= 4 is 5.69 Å². The van der Waals surface area contributed by atoms with Gasteiger partial charge in [-0.3, -0.25) is 0 Å². The summed E-state index contributed by atoms with van der Waals surface area (Å²) in [7, 11) is 0. The van der Waals surface area contributed by atoms with Crippen LogP contribution in [-0.2, 0) is 6.18 Å². The summed E-state index contributed by atoms with van der Waals surface area (Å²) in [5.74, 6) is 0.206. The second-order valence-corrected chi connectivity index (χ2v) is 4.18. The zero-order valence-electron chi connectivity index (χ0n) is 9.11. The molecule has 1 aromatic rings. The molecule has 0 amide bonds. The highest BCUT2D eigenvalue weighted by Gasteiger charge is 2.32. The van der Waals surface area contributed by atoms with Gasteiger partial charge in [0, 0.05) is 25.6 Å². The van der Waals surface area contributed by atoms with Crippen LogP contribution in [0.4, 0.5) is 18.9 Å². The van der Waals surface area contributed by atoms with Crippen molar-refractivity contribution in [2.75, 3.05) is 24.6 Å². The van der Waals surface area contributed by atoms with Gasteiger partial charge in [0.2, 0.25) is 0 Å². The predicted molar refractivity (Wildman–Crippen MR) is 56.6 cm³/mol. The van der Waals surface area contributed by atoms with Gasteiger partial charge in [-0.25, -0.2) is 4.98 Å². The van der Waals surface area contributed by atoms with Crippen molar-refractivity contribution in [3.63, 3.8) is 0 Å². The molecule has 2 rings (SSSR count). The molecule has 0 saturated carbocycles. The number of rotatable bonds is 2. The maximum Gasteiger partial charge on any atom is 0.433 e. The minimum absolute atomic E-state index is 0.116. The van der Waals surface area contributed by atoms with Gasteiger partial charge in [-0.1, -0.05) is 0 Å². The Morgan fingerprint density at radius 3 is 2.65 bits per heavy atom. The van der Waals surface area contributed by atoms with Crippen LogP contribution >= 0.6 is 0 Å². The zero-order valence-corrected chi connectivity index (χ0v) is 9.11. The van der Waals surface area contributed by atoms with E-state index in [1.165, 1.54) is 12.3 Å². The van der Waals surface area contributed by atoms with Gasteiger partial charge in [0.1, 0.15) is 5.69 Å². The van der Waals surface area contributed by atoms with Crippen LogP contribution in [-0.4, -0.2) is 29.8 Å². The largest absolute Gasteiger partial charge is 0.433 e. The number of hydrogen-bond acceptors (Lipinski definition) is 3. The molecule has 0 bridgehead atoms. The first-order valence-corrected chi connectivity index (χ1v) is 5.40. The number of halogens is 3. The molecule has 0 spiro atoms. The third kappa shape index (κ3) is 2.69. The third-order valence-electron chi connectivity index (χ3n) is 2.95. The average molecular weight is 246 g/mol. The van der Waals surface area contributed by atoms with E-state index in [0.717, 1.165) is 19.0 Å². The quantitative estimate of drug-likeness (QED) is 0.866. The second kappa shape index (κ2) is 4.52. The molecule has 1 atom stereocenters. The van der Waals surface area contributed by atoms with E-state index in [0.29, 0.717) is 12.2 Å². The summed E-state index contributed by atoms with van der Waals surface area (Å²) in [5.41, 5.74) is -0.201. The van der Waals surface area contributed by atoms with E-state index >= 15 is 0 Å². The summed E-state index contributed by atoms with van der Waals surface area (Å²) in [6.07, 6.45) is -2.29. The van der Waals surface area contributed by atoms with E-state index in [4.69, 9.17) is 5.11 Å². The lowest BCUT2D eigenvalue weighted by atomic mass is 10.1. The lowest BCUT2D eigenvalue weighted by Gasteiger charge is -2.18. The maximum absolute atomic E-state index is 12.3. The molecule has 94 valence electrons. The first-order chi connectivity index (χ1) is 8.00. The van der Waals surface area contributed by atoms with E-state index in [9.17, 15) is 13.2 Å². The van der Waals surface area contributed by atoms with Gasteiger partial charge in [0.15, 0.2) is 0 Å². The smallest absolute Gasteiger partial charge is 0.396 e. The molecule has 0 aromatic carbocycles. The summed E-state index contributed by atoms with van der Waals surface area (Å²) in [6.45, 7) is 1.53. The van der Waals surface area contributed by atoms with Gasteiger partial charge in [0.05, 0.1) is 11.9 Å². The maximum atomic E-state index is 12.3. The van der Waals surface area contributed by atoms with E-state index in [1.807, 2.05) is 4.90 Å². The molecule has 17 heavy (non-hydrogen) atoms. The Labute approximate surface area is 96.9 Å². The summed E-state index contributed by atoms with van der Waals surface area (Å²) in [4.78, 5) is 5.35. The summed E-state index contributed by atoms with van der Waals surface area (Å²) >= 11 is 0. The van der Waals surface area contributed by atoms with Crippen molar-refractivity contribution in [1.82, 2.24) is 4.98 Å². The summed E-state index contributed by atoms with van der Waals surface area (Å²) in [6, 6.07) is 2.41. The fraction of sp³-hybridized carbons (Fsp3) is 0.545. The van der Waals surface area contributed by atoms with Crippen LogP contribution in [0.5, 0.6) is 0 Å². The molecule has 1 N–H and O–H groups in total. The Morgan fingerprint density at radius 1 is 1.41 bits per heavy atom. The average Bonchev–Trinajstić information content (AvgIpc) is 2.76. The second-order valence-electron chi connectivity index (χ2n) is 4.18. The number of anilines is 1. The molecule has 1 saturated heterocycles. The number of aliphatic hydroxyl groups is 1. The molecule has 0 unspecified atom stereocenters. The van der Waals surface area contributed by atoms with Crippen LogP contribution in [0.25, 0.3) is 0 Å². The van der Waals surface area contributed by atoms with Crippen LogP contribution in [0.1, 0.15) is 12.1 Å². The molecule has 1 aromatic heterocycles. The van der Waals surface area contributed by atoms with Gasteiger partial charge in [-0.2, -0.15) is 13.2 Å². The highest BCUT2D eigenvalue weighted by atomic mass is 19.4. The van der Waals surface area contributed by atoms with E-state index in [-0.39, 0.29) is 12.5 Å². The number of alkyl halides is 3. The molecule has 1 aliphatic heterocycles. The summed E-state index contributed by atoms with van der Waals surface area (Å²) in [5, 5.41) is 8.99. The van der Waals surface area contributed by atoms with Crippen molar-refractivity contribution in [2.45, 2.75) is 12.6 Å². The molecular weight excluding hydrogens is 233 g/mol. The van der Waals surface area contributed by atoms with Gasteiger partial charge >= 0.3 is 6.18 Å². The van der Waals surface area contributed by atoms with Crippen LogP contribution in [0.15, 0.2) is 18.3 Å². The fourth-order valence-electron chi connectivity index (χ4n) is 1.96.